The molecule has 2 rings (SSSR count). The highest BCUT2D eigenvalue weighted by molar-refractivity contribution is 5.98. The topological polar surface area (TPSA) is 65.6 Å². The summed E-state index contributed by atoms with van der Waals surface area (Å²) >= 11 is 0. The molecule has 1 aromatic carbocycles. The molecular formula is C14H16N2O2. The molecule has 1 N–H and O–H groups in total. The summed E-state index contributed by atoms with van der Waals surface area (Å²) in [6, 6.07) is 9.63. The molecular weight excluding hydrogens is 228 g/mol. The first-order valence-electron chi connectivity index (χ1n) is 5.98. The maximum atomic E-state index is 8.72. The van der Waals surface area contributed by atoms with Gasteiger partial charge in [0.25, 0.3) is 0 Å². The maximum Gasteiger partial charge on any atom is 0.119 e. The zero-order valence-corrected chi connectivity index (χ0v) is 10.4. The Morgan fingerprint density at radius 3 is 2.61 bits per heavy atom. The van der Waals surface area contributed by atoms with Gasteiger partial charge in [0, 0.05) is 11.8 Å². The quantitative estimate of drug-likeness (QED) is 0.492. The summed E-state index contributed by atoms with van der Waals surface area (Å²) in [5.74, 6) is 0.786. The summed E-state index contributed by atoms with van der Waals surface area (Å²) in [5, 5.41) is 20.5. The standard InChI is InChI=1S/C14H16N2O2/c1-11(16-17)12-2-4-13(5-3-12)18-10-14(6-7-14)8-9-15/h2-5,17H,6-8,10H2,1H3. The number of hydrogen-bond donors (Lipinski definition) is 1. The van der Waals surface area contributed by atoms with Crippen LogP contribution in [0.4, 0.5) is 0 Å². The summed E-state index contributed by atoms with van der Waals surface area (Å²) in [6.45, 7) is 2.34. The van der Waals surface area contributed by atoms with Crippen LogP contribution < -0.4 is 4.74 Å². The molecule has 0 saturated heterocycles. The van der Waals surface area contributed by atoms with Crippen LogP contribution in [0.25, 0.3) is 0 Å². The van der Waals surface area contributed by atoms with E-state index in [1.807, 2.05) is 24.3 Å². The molecule has 1 aliphatic carbocycles. The normalized spacial score (nSPS) is 17.0. The smallest absolute Gasteiger partial charge is 0.119 e. The second kappa shape index (κ2) is 5.09. The van der Waals surface area contributed by atoms with Crippen molar-refractivity contribution in [1.29, 1.82) is 5.26 Å². The molecule has 4 heteroatoms. The van der Waals surface area contributed by atoms with E-state index in [-0.39, 0.29) is 5.41 Å². The van der Waals surface area contributed by atoms with E-state index in [1.54, 1.807) is 6.92 Å². The lowest BCUT2D eigenvalue weighted by atomic mass is 10.1. The SMILES string of the molecule is CC(=NO)c1ccc(OCC2(CC#N)CC2)cc1. The minimum atomic E-state index is 0.0931. The number of hydrogen-bond acceptors (Lipinski definition) is 4. The van der Waals surface area contributed by atoms with Gasteiger partial charge in [0.15, 0.2) is 0 Å². The molecule has 4 nitrogen and oxygen atoms in total. The van der Waals surface area contributed by atoms with Crippen molar-refractivity contribution in [3.63, 3.8) is 0 Å². The zero-order valence-electron chi connectivity index (χ0n) is 10.4. The molecule has 0 aliphatic heterocycles. The van der Waals surface area contributed by atoms with E-state index in [2.05, 4.69) is 11.2 Å². The molecule has 0 spiro atoms. The summed E-state index contributed by atoms with van der Waals surface area (Å²) < 4.78 is 5.70. The van der Waals surface area contributed by atoms with Crippen LogP contribution in [0.15, 0.2) is 29.4 Å². The van der Waals surface area contributed by atoms with Crippen molar-refractivity contribution in [1.82, 2.24) is 0 Å². The molecule has 0 radical (unpaired) electrons. The minimum Gasteiger partial charge on any atom is -0.493 e. The van der Waals surface area contributed by atoms with Gasteiger partial charge < -0.3 is 9.94 Å². The van der Waals surface area contributed by atoms with Gasteiger partial charge in [0.05, 0.1) is 18.4 Å². The van der Waals surface area contributed by atoms with E-state index in [0.29, 0.717) is 18.7 Å². The highest BCUT2D eigenvalue weighted by atomic mass is 16.5. The molecule has 1 fully saturated rings. The van der Waals surface area contributed by atoms with Crippen LogP contribution in [0.2, 0.25) is 0 Å². The third-order valence-corrected chi connectivity index (χ3v) is 3.38. The van der Waals surface area contributed by atoms with E-state index in [0.717, 1.165) is 24.2 Å². The first kappa shape index (κ1) is 12.4. The average molecular weight is 244 g/mol. The second-order valence-corrected chi connectivity index (χ2v) is 4.83. The molecule has 0 bridgehead atoms. The summed E-state index contributed by atoms with van der Waals surface area (Å²) in [6.07, 6.45) is 2.73. The van der Waals surface area contributed by atoms with Crippen LogP contribution in [-0.2, 0) is 0 Å². The zero-order chi connectivity index (χ0) is 13.0. The fourth-order valence-electron chi connectivity index (χ4n) is 1.80. The fourth-order valence-corrected chi connectivity index (χ4v) is 1.80. The van der Waals surface area contributed by atoms with Crippen molar-refractivity contribution >= 4 is 5.71 Å². The Bertz CT molecular complexity index is 482. The van der Waals surface area contributed by atoms with Gasteiger partial charge in [-0.2, -0.15) is 5.26 Å². The summed E-state index contributed by atoms with van der Waals surface area (Å²) in [4.78, 5) is 0. The van der Waals surface area contributed by atoms with Gasteiger partial charge >= 0.3 is 0 Å². The average Bonchev–Trinajstić information content (AvgIpc) is 3.17. The van der Waals surface area contributed by atoms with E-state index >= 15 is 0 Å². The first-order chi connectivity index (χ1) is 8.69. The van der Waals surface area contributed by atoms with Crippen LogP contribution in [0.1, 0.15) is 31.7 Å². The Balaban J connectivity index is 1.93. The van der Waals surface area contributed by atoms with E-state index in [4.69, 9.17) is 15.2 Å². The number of nitriles is 1. The summed E-state index contributed by atoms with van der Waals surface area (Å²) in [7, 11) is 0. The highest BCUT2D eigenvalue weighted by Gasteiger charge is 2.43. The lowest BCUT2D eigenvalue weighted by Gasteiger charge is -2.13. The molecule has 0 atom stereocenters. The molecule has 0 unspecified atom stereocenters. The van der Waals surface area contributed by atoms with Crippen molar-refractivity contribution in [2.24, 2.45) is 10.6 Å². The Morgan fingerprint density at radius 1 is 1.44 bits per heavy atom. The number of nitrogens with zero attached hydrogens (tertiary/aromatic N) is 2. The molecule has 1 aliphatic rings. The van der Waals surface area contributed by atoms with Gasteiger partial charge in [-0.15, -0.1) is 0 Å². The third-order valence-electron chi connectivity index (χ3n) is 3.38. The van der Waals surface area contributed by atoms with E-state index < -0.39 is 0 Å². The van der Waals surface area contributed by atoms with Gasteiger partial charge in [-0.05, 0) is 49.6 Å². The predicted molar refractivity (Wildman–Crippen MR) is 67.8 cm³/mol. The van der Waals surface area contributed by atoms with Crippen molar-refractivity contribution in [3.8, 4) is 11.8 Å². The van der Waals surface area contributed by atoms with Crippen molar-refractivity contribution in [3.05, 3.63) is 29.8 Å². The Hall–Kier alpha value is -2.02. The van der Waals surface area contributed by atoms with Crippen LogP contribution in [0.5, 0.6) is 5.75 Å². The molecule has 0 amide bonds. The van der Waals surface area contributed by atoms with Gasteiger partial charge in [-0.3, -0.25) is 0 Å². The summed E-state index contributed by atoms with van der Waals surface area (Å²) in [5.41, 5.74) is 1.53. The third kappa shape index (κ3) is 2.80. The highest BCUT2D eigenvalue weighted by Crippen LogP contribution is 2.48. The predicted octanol–water partition coefficient (Wildman–Crippen LogP) is 2.96. The monoisotopic (exact) mass is 244 g/mol. The number of oxime groups is 1. The van der Waals surface area contributed by atoms with E-state index in [1.165, 1.54) is 0 Å². The molecule has 0 heterocycles. The number of rotatable bonds is 5. The number of ether oxygens (including phenoxy) is 1. The molecule has 94 valence electrons. The second-order valence-electron chi connectivity index (χ2n) is 4.83. The van der Waals surface area contributed by atoms with Gasteiger partial charge in [-0.1, -0.05) is 5.16 Å². The molecule has 1 saturated carbocycles. The van der Waals surface area contributed by atoms with Gasteiger partial charge in [-0.25, -0.2) is 0 Å². The Morgan fingerprint density at radius 2 is 2.11 bits per heavy atom. The largest absolute Gasteiger partial charge is 0.493 e. The lowest BCUT2D eigenvalue weighted by molar-refractivity contribution is 0.237. The maximum absolute atomic E-state index is 8.72. The molecule has 18 heavy (non-hydrogen) atoms. The van der Waals surface area contributed by atoms with Crippen LogP contribution in [0, 0.1) is 16.7 Å². The van der Waals surface area contributed by atoms with Gasteiger partial charge in [0.2, 0.25) is 0 Å². The van der Waals surface area contributed by atoms with Crippen LogP contribution in [0.3, 0.4) is 0 Å². The fraction of sp³-hybridized carbons (Fsp3) is 0.429. The lowest BCUT2D eigenvalue weighted by Crippen LogP contribution is -2.12. The van der Waals surface area contributed by atoms with E-state index in [9.17, 15) is 0 Å². The van der Waals surface area contributed by atoms with Gasteiger partial charge in [0.1, 0.15) is 5.75 Å². The van der Waals surface area contributed by atoms with Crippen molar-refractivity contribution < 1.29 is 9.94 Å². The Labute approximate surface area is 106 Å². The van der Waals surface area contributed by atoms with Crippen molar-refractivity contribution in [2.75, 3.05) is 6.61 Å². The minimum absolute atomic E-state index is 0.0931. The van der Waals surface area contributed by atoms with Crippen molar-refractivity contribution in [2.45, 2.75) is 26.2 Å². The Kier molecular flexibility index (Phi) is 3.52. The molecule has 0 aromatic heterocycles. The van der Waals surface area contributed by atoms with Crippen LogP contribution >= 0.6 is 0 Å². The van der Waals surface area contributed by atoms with Crippen LogP contribution in [-0.4, -0.2) is 17.5 Å². The molecule has 1 aromatic rings. The number of benzene rings is 1. The first-order valence-corrected chi connectivity index (χ1v) is 5.98.